The molecule has 5 aromatic rings. The largest absolute Gasteiger partial charge is 0.395 e. The Kier molecular flexibility index (Phi) is 6.41. The van der Waals surface area contributed by atoms with Crippen molar-refractivity contribution in [2.45, 2.75) is 23.9 Å². The topological polar surface area (TPSA) is 177 Å². The Morgan fingerprint density at radius 1 is 0.542 bits per heavy atom. The average molecular weight is 638 g/mol. The summed E-state index contributed by atoms with van der Waals surface area (Å²) in [5.41, 5.74) is 3.74. The van der Waals surface area contributed by atoms with Crippen LogP contribution in [0.25, 0.3) is 23.0 Å². The van der Waals surface area contributed by atoms with Crippen LogP contribution in [-0.2, 0) is 0 Å². The van der Waals surface area contributed by atoms with E-state index in [9.17, 15) is 5.11 Å². The van der Waals surface area contributed by atoms with Gasteiger partial charge in [0, 0.05) is 69.2 Å². The first-order chi connectivity index (χ1) is 23.8. The second-order valence-electron chi connectivity index (χ2n) is 13.4. The van der Waals surface area contributed by atoms with Gasteiger partial charge in [0.2, 0.25) is 0 Å². The number of aromatic nitrogens is 10. The summed E-state index contributed by atoms with van der Waals surface area (Å²) < 4.78 is 0. The molecule has 1 saturated heterocycles. The van der Waals surface area contributed by atoms with Crippen molar-refractivity contribution in [3.05, 3.63) is 96.6 Å². The van der Waals surface area contributed by atoms with Crippen LogP contribution in [0.1, 0.15) is 46.7 Å². The van der Waals surface area contributed by atoms with Crippen molar-refractivity contribution in [1.82, 2.24) is 55.0 Å². The molecule has 14 nitrogen and oxygen atoms in total. The van der Waals surface area contributed by atoms with Gasteiger partial charge in [-0.25, -0.2) is 39.9 Å². The van der Waals surface area contributed by atoms with Crippen molar-refractivity contribution in [3.8, 4) is 23.0 Å². The van der Waals surface area contributed by atoms with Crippen LogP contribution in [0, 0.1) is 35.5 Å². The van der Waals surface area contributed by atoms with Gasteiger partial charge in [-0.2, -0.15) is 10.2 Å². The lowest BCUT2D eigenvalue weighted by Gasteiger charge is -2.69. The van der Waals surface area contributed by atoms with E-state index in [-0.39, 0.29) is 54.2 Å². The number of hydrogen-bond acceptors (Lipinski definition) is 14. The van der Waals surface area contributed by atoms with E-state index in [1.54, 1.807) is 49.6 Å². The molecule has 2 bridgehead atoms. The van der Waals surface area contributed by atoms with Gasteiger partial charge in [0.1, 0.15) is 23.5 Å². The van der Waals surface area contributed by atoms with Gasteiger partial charge >= 0.3 is 0 Å². The third-order valence-electron chi connectivity index (χ3n) is 11.5. The molecule has 0 amide bonds. The number of β-amino-alcohol motifs (C(OH)–C–C–N with tert-alkyl or cyclic N) is 1. The Morgan fingerprint density at radius 3 is 1.33 bits per heavy atom. The van der Waals surface area contributed by atoms with E-state index in [0.29, 0.717) is 53.1 Å². The van der Waals surface area contributed by atoms with Crippen molar-refractivity contribution in [3.63, 3.8) is 0 Å². The highest BCUT2D eigenvalue weighted by Crippen LogP contribution is 2.77. The van der Waals surface area contributed by atoms with Gasteiger partial charge in [-0.05, 0) is 82.7 Å². The molecule has 3 fully saturated rings. The number of fused-ring (bicyclic) bond motifs is 1. The Bertz CT molecular complexity index is 1850. The second kappa shape index (κ2) is 11.0. The van der Waals surface area contributed by atoms with E-state index in [1.165, 1.54) is 0 Å². The normalized spacial score (nSPS) is 32.5. The van der Waals surface area contributed by atoms with Gasteiger partial charge in [0.25, 0.3) is 0 Å². The number of aliphatic hydroxyl groups is 1. The number of rotatable bonds is 6. The van der Waals surface area contributed by atoms with E-state index in [4.69, 9.17) is 40.4 Å². The maximum atomic E-state index is 10.0. The third-order valence-corrected chi connectivity index (χ3v) is 11.5. The van der Waals surface area contributed by atoms with Crippen LogP contribution < -0.4 is 0 Å². The fourth-order valence-electron chi connectivity index (χ4n) is 10.1. The van der Waals surface area contributed by atoms with Gasteiger partial charge < -0.3 is 10.0 Å². The smallest absolute Gasteiger partial charge is 0.180 e. The lowest BCUT2D eigenvalue weighted by Crippen LogP contribution is -2.65. The molecule has 14 heteroatoms. The van der Waals surface area contributed by atoms with Crippen LogP contribution in [0.5, 0.6) is 0 Å². The molecule has 11 rings (SSSR count). The molecule has 0 radical (unpaired) electrons. The zero-order valence-corrected chi connectivity index (χ0v) is 25.8. The van der Waals surface area contributed by atoms with E-state index in [2.05, 4.69) is 24.8 Å². The summed E-state index contributed by atoms with van der Waals surface area (Å²) in [6.07, 6.45) is 14.1. The Morgan fingerprint density at radius 2 is 0.938 bits per heavy atom. The molecule has 48 heavy (non-hydrogen) atoms. The van der Waals surface area contributed by atoms with Crippen LogP contribution in [0.4, 0.5) is 0 Å². The van der Waals surface area contributed by atoms with Crippen LogP contribution in [0.15, 0.2) is 84.1 Å². The standard InChI is InChI=1S/C34H31N13O/c48-14-13-47-15-17-18(16-47)20-22-21(25-26(22)30(34-41-11-4-12-42-34)46-45-29(25)33-39-9-3-10-40-33)19(17)23-24(20)28(32-37-7-2-8-38-32)44-43-27(23)31-35-5-1-6-36-31/h1-12,17-22,25-26,29-30,48H,13-16H2. The molecule has 0 spiro atoms. The molecule has 10 unspecified atom stereocenters. The molecule has 238 valence electrons. The van der Waals surface area contributed by atoms with Crippen molar-refractivity contribution in [2.24, 2.45) is 45.7 Å². The number of azo groups is 1. The summed E-state index contributed by atoms with van der Waals surface area (Å²) in [6, 6.07) is 6.71. The zero-order chi connectivity index (χ0) is 31.8. The van der Waals surface area contributed by atoms with Crippen molar-refractivity contribution in [1.29, 1.82) is 0 Å². The van der Waals surface area contributed by atoms with Gasteiger partial charge in [-0.15, -0.1) is 10.2 Å². The van der Waals surface area contributed by atoms with Crippen molar-refractivity contribution in [2.75, 3.05) is 26.2 Å². The quantitative estimate of drug-likeness (QED) is 0.288. The first-order valence-corrected chi connectivity index (χ1v) is 16.5. The van der Waals surface area contributed by atoms with Crippen molar-refractivity contribution < 1.29 is 5.11 Å². The van der Waals surface area contributed by atoms with Crippen molar-refractivity contribution >= 4 is 0 Å². The highest BCUT2D eigenvalue weighted by atomic mass is 16.3. The summed E-state index contributed by atoms with van der Waals surface area (Å²) in [7, 11) is 0. The second-order valence-corrected chi connectivity index (χ2v) is 13.4. The fourth-order valence-corrected chi connectivity index (χ4v) is 10.1. The van der Waals surface area contributed by atoms with Crippen LogP contribution >= 0.6 is 0 Å². The Labute approximate surface area is 275 Å². The molecule has 1 N–H and O–H groups in total. The summed E-state index contributed by atoms with van der Waals surface area (Å²) >= 11 is 0. The molecule has 5 aromatic heterocycles. The lowest BCUT2D eigenvalue weighted by atomic mass is 9.35. The van der Waals surface area contributed by atoms with E-state index < -0.39 is 0 Å². The van der Waals surface area contributed by atoms with E-state index >= 15 is 0 Å². The predicted molar refractivity (Wildman–Crippen MR) is 168 cm³/mol. The van der Waals surface area contributed by atoms with Crippen LogP contribution in [-0.4, -0.2) is 86.3 Å². The highest BCUT2D eigenvalue weighted by molar-refractivity contribution is 5.70. The molecular formula is C34H31N13O. The zero-order valence-electron chi connectivity index (χ0n) is 25.8. The summed E-state index contributed by atoms with van der Waals surface area (Å²) in [5.74, 6) is 4.02. The number of hydrogen-bond donors (Lipinski definition) is 1. The number of aliphatic hydroxyl groups excluding tert-OH is 1. The maximum absolute atomic E-state index is 10.0. The maximum Gasteiger partial charge on any atom is 0.180 e. The molecule has 0 aromatic carbocycles. The average Bonchev–Trinajstić information content (AvgIpc) is 3.58. The first kappa shape index (κ1) is 28.0. The Hall–Kier alpha value is -5.08. The summed E-state index contributed by atoms with van der Waals surface area (Å²) in [4.78, 5) is 39.9. The minimum Gasteiger partial charge on any atom is -0.395 e. The molecule has 6 aliphatic rings. The highest BCUT2D eigenvalue weighted by Gasteiger charge is 2.73. The van der Waals surface area contributed by atoms with Gasteiger partial charge in [0.05, 0.1) is 6.61 Å². The summed E-state index contributed by atoms with van der Waals surface area (Å²) in [5, 5.41) is 29.6. The number of nitrogens with zero attached hydrogens (tertiary/aromatic N) is 13. The minimum atomic E-state index is -0.295. The molecule has 2 aliphatic heterocycles. The van der Waals surface area contributed by atoms with Crippen LogP contribution in [0.3, 0.4) is 0 Å². The first-order valence-electron chi connectivity index (χ1n) is 16.5. The lowest BCUT2D eigenvalue weighted by molar-refractivity contribution is -0.154. The summed E-state index contributed by atoms with van der Waals surface area (Å²) in [6.45, 7) is 2.53. The van der Waals surface area contributed by atoms with Crippen LogP contribution in [0.2, 0.25) is 0 Å². The monoisotopic (exact) mass is 637 g/mol. The Balaban J connectivity index is 1.22. The molecule has 10 atom stereocenters. The third kappa shape index (κ3) is 3.99. The number of likely N-dealkylation sites (tertiary alicyclic amines) is 1. The van der Waals surface area contributed by atoms with E-state index in [0.717, 1.165) is 24.2 Å². The molecule has 4 aliphatic carbocycles. The van der Waals surface area contributed by atoms with Gasteiger partial charge in [-0.1, -0.05) is 0 Å². The van der Waals surface area contributed by atoms with Gasteiger partial charge in [0.15, 0.2) is 23.3 Å². The SMILES string of the molecule is OCCN1CC2C(C1)C1c3c(-c4ncccn4)nnc(-c4ncccn4)c3C2C2C3C(c4ncccn4)N=NC(c4ncccn4)C3C12. The fraction of sp³-hybridized carbons (Fsp3) is 0.412. The molecular weight excluding hydrogens is 606 g/mol. The minimum absolute atomic E-state index is 0.0959. The van der Waals surface area contributed by atoms with Gasteiger partial charge in [-0.3, -0.25) is 0 Å². The molecule has 2 saturated carbocycles. The predicted octanol–water partition coefficient (Wildman–Crippen LogP) is 3.13. The van der Waals surface area contributed by atoms with E-state index in [1.807, 2.05) is 24.3 Å². The molecule has 7 heterocycles.